The van der Waals surface area contributed by atoms with Gasteiger partial charge in [0.2, 0.25) is 0 Å². The molecule has 0 aromatic heterocycles. The Morgan fingerprint density at radius 2 is 2.00 bits per heavy atom. The van der Waals surface area contributed by atoms with E-state index in [0.717, 1.165) is 15.8 Å². The molecule has 0 N–H and O–H groups in total. The largest absolute Gasteiger partial charge is 0.496 e. The summed E-state index contributed by atoms with van der Waals surface area (Å²) in [5.74, 6) is 0.760. The molecule has 0 bridgehead atoms. The standard InChI is InChI=1S/C13H19BrNO2S/c1-9(15-18(16)13(2,3)4)10-6-7-11(14)12(8-10)17-5/h6-9H,1-5H3/q-1/t9-/m0/s1. The molecule has 0 amide bonds. The molecule has 3 nitrogen and oxygen atoms in total. The molecule has 0 fully saturated rings. The van der Waals surface area contributed by atoms with Gasteiger partial charge in [0.05, 0.1) is 11.6 Å². The summed E-state index contributed by atoms with van der Waals surface area (Å²) in [6, 6.07) is 5.67. The van der Waals surface area contributed by atoms with E-state index in [9.17, 15) is 4.21 Å². The van der Waals surface area contributed by atoms with Gasteiger partial charge in [-0.1, -0.05) is 31.6 Å². The fourth-order valence-corrected chi connectivity index (χ4v) is 2.43. The average Bonchev–Trinajstić information content (AvgIpc) is 2.28. The van der Waals surface area contributed by atoms with Gasteiger partial charge in [0.15, 0.2) is 0 Å². The molecule has 5 heteroatoms. The van der Waals surface area contributed by atoms with E-state index in [4.69, 9.17) is 4.74 Å². The number of benzene rings is 1. The maximum absolute atomic E-state index is 12.0. The summed E-state index contributed by atoms with van der Waals surface area (Å²) in [6.07, 6.45) is 0. The third-order valence-electron chi connectivity index (χ3n) is 2.44. The van der Waals surface area contributed by atoms with Crippen molar-refractivity contribution in [3.8, 4) is 5.75 Å². The molecule has 0 saturated carbocycles. The van der Waals surface area contributed by atoms with Crippen LogP contribution in [0.25, 0.3) is 0 Å². The summed E-state index contributed by atoms with van der Waals surface area (Å²) in [7, 11) is 0.415. The van der Waals surface area contributed by atoms with Gasteiger partial charge < -0.3 is 13.3 Å². The zero-order valence-electron chi connectivity index (χ0n) is 11.4. The summed E-state index contributed by atoms with van der Waals surface area (Å²) in [5.41, 5.74) is 0.993. The van der Waals surface area contributed by atoms with Crippen LogP contribution in [0.5, 0.6) is 5.75 Å². The Kier molecular flexibility index (Phi) is 5.22. The van der Waals surface area contributed by atoms with E-state index < -0.39 is 10.6 Å². The fraction of sp³-hybridized carbons (Fsp3) is 0.538. The average molecular weight is 333 g/mol. The van der Waals surface area contributed by atoms with Crippen LogP contribution in [-0.2, 0) is 14.8 Å². The molecular weight excluding hydrogens is 314 g/mol. The molecule has 102 valence electrons. The summed E-state index contributed by atoms with van der Waals surface area (Å²) in [5, 5.41) is 0. The Bertz CT molecular complexity index is 502. The van der Waals surface area contributed by atoms with Crippen molar-refractivity contribution in [2.75, 3.05) is 7.11 Å². The van der Waals surface area contributed by atoms with Crippen molar-refractivity contribution in [2.24, 2.45) is 4.36 Å². The SMILES string of the molecule is COc1cc([C@H](C)N=[S-](=O)C(C)(C)C)ccc1Br. The highest BCUT2D eigenvalue weighted by Crippen LogP contribution is 2.29. The van der Waals surface area contributed by atoms with E-state index in [1.54, 1.807) is 7.11 Å². The Balaban J connectivity index is 3.05. The highest BCUT2D eigenvalue weighted by atomic mass is 79.9. The van der Waals surface area contributed by atoms with Gasteiger partial charge in [0.1, 0.15) is 5.75 Å². The van der Waals surface area contributed by atoms with Crippen molar-refractivity contribution in [1.29, 1.82) is 0 Å². The first-order valence-corrected chi connectivity index (χ1v) is 7.62. The lowest BCUT2D eigenvalue weighted by molar-refractivity contribution is 0.411. The predicted molar refractivity (Wildman–Crippen MR) is 79.3 cm³/mol. The molecule has 0 aliphatic rings. The number of halogens is 1. The first-order chi connectivity index (χ1) is 8.25. The van der Waals surface area contributed by atoms with E-state index in [1.165, 1.54) is 0 Å². The fourth-order valence-electron chi connectivity index (χ4n) is 1.30. The zero-order chi connectivity index (χ0) is 13.9. The van der Waals surface area contributed by atoms with E-state index in [0.29, 0.717) is 0 Å². The monoisotopic (exact) mass is 332 g/mol. The van der Waals surface area contributed by atoms with Crippen molar-refractivity contribution in [1.82, 2.24) is 0 Å². The Morgan fingerprint density at radius 1 is 1.39 bits per heavy atom. The molecule has 0 saturated heterocycles. The lowest BCUT2D eigenvalue weighted by atomic mass is 10.1. The summed E-state index contributed by atoms with van der Waals surface area (Å²) >= 11 is 3.41. The number of rotatable bonds is 3. The van der Waals surface area contributed by atoms with Gasteiger partial charge >= 0.3 is 0 Å². The van der Waals surface area contributed by atoms with Crippen molar-refractivity contribution >= 4 is 26.5 Å². The molecule has 1 rings (SSSR count). The minimum absolute atomic E-state index is 0.118. The normalized spacial score (nSPS) is 15.4. The molecular formula is C13H19BrNO2S-. The van der Waals surface area contributed by atoms with Crippen molar-refractivity contribution < 1.29 is 8.95 Å². The molecule has 0 radical (unpaired) electrons. The van der Waals surface area contributed by atoms with Gasteiger partial charge in [0.25, 0.3) is 0 Å². The van der Waals surface area contributed by atoms with Crippen molar-refractivity contribution in [2.45, 2.75) is 38.5 Å². The molecule has 0 spiro atoms. The van der Waals surface area contributed by atoms with Crippen molar-refractivity contribution in [3.63, 3.8) is 0 Å². The van der Waals surface area contributed by atoms with Crippen LogP contribution in [0.1, 0.15) is 39.3 Å². The highest BCUT2D eigenvalue weighted by Gasteiger charge is 2.07. The van der Waals surface area contributed by atoms with Gasteiger partial charge in [0, 0.05) is 6.04 Å². The first-order valence-electron chi connectivity index (χ1n) is 5.72. The van der Waals surface area contributed by atoms with E-state index in [1.807, 2.05) is 45.9 Å². The maximum atomic E-state index is 12.0. The lowest BCUT2D eigenvalue weighted by Crippen LogP contribution is -2.15. The molecule has 0 aliphatic carbocycles. The van der Waals surface area contributed by atoms with E-state index >= 15 is 0 Å². The molecule has 18 heavy (non-hydrogen) atoms. The van der Waals surface area contributed by atoms with Gasteiger partial charge in [-0.15, -0.1) is 0 Å². The van der Waals surface area contributed by atoms with E-state index in [2.05, 4.69) is 20.3 Å². The third-order valence-corrected chi connectivity index (χ3v) is 4.65. The summed E-state index contributed by atoms with van der Waals surface area (Å²) < 4.78 is 22.1. The van der Waals surface area contributed by atoms with Gasteiger partial charge in [-0.3, -0.25) is 0 Å². The molecule has 0 unspecified atom stereocenters. The second kappa shape index (κ2) is 6.06. The predicted octanol–water partition coefficient (Wildman–Crippen LogP) is 4.46. The number of hydrogen-bond acceptors (Lipinski definition) is 4. The topological polar surface area (TPSA) is 38.7 Å². The molecule has 1 atom stereocenters. The molecule has 0 heterocycles. The van der Waals surface area contributed by atoms with E-state index in [-0.39, 0.29) is 10.8 Å². The van der Waals surface area contributed by atoms with Gasteiger partial charge in [-0.25, -0.2) is 0 Å². The Labute approximate surface area is 119 Å². The number of ether oxygens (including phenoxy) is 1. The molecule has 0 aliphatic heterocycles. The second-order valence-electron chi connectivity index (χ2n) is 5.04. The third kappa shape index (κ3) is 3.99. The highest BCUT2D eigenvalue weighted by molar-refractivity contribution is 9.10. The molecule has 1 aromatic carbocycles. The van der Waals surface area contributed by atoms with Crippen LogP contribution in [0, 0.1) is 0 Å². The zero-order valence-corrected chi connectivity index (χ0v) is 13.8. The van der Waals surface area contributed by atoms with Gasteiger partial charge in [-0.05, 0) is 40.5 Å². The number of nitrogens with zero attached hydrogens (tertiary/aromatic N) is 1. The maximum Gasteiger partial charge on any atom is 0.133 e. The quantitative estimate of drug-likeness (QED) is 0.766. The minimum atomic E-state index is -1.21. The Morgan fingerprint density at radius 3 is 2.50 bits per heavy atom. The number of methoxy groups -OCH3 is 1. The van der Waals surface area contributed by atoms with Crippen LogP contribution in [0.4, 0.5) is 0 Å². The van der Waals surface area contributed by atoms with Crippen molar-refractivity contribution in [3.05, 3.63) is 28.2 Å². The van der Waals surface area contributed by atoms with Crippen LogP contribution >= 0.6 is 15.9 Å². The second-order valence-corrected chi connectivity index (χ2v) is 7.83. The lowest BCUT2D eigenvalue weighted by Gasteiger charge is -2.24. The first kappa shape index (κ1) is 15.5. The molecule has 1 aromatic rings. The van der Waals surface area contributed by atoms with Crippen LogP contribution < -0.4 is 4.74 Å². The smallest absolute Gasteiger partial charge is 0.133 e. The van der Waals surface area contributed by atoms with Gasteiger partial charge in [-0.2, -0.15) is 10.6 Å². The number of hydrogen-bond donors (Lipinski definition) is 0. The van der Waals surface area contributed by atoms with Crippen LogP contribution in [-0.4, -0.2) is 11.9 Å². The minimum Gasteiger partial charge on any atom is -0.496 e. The van der Waals surface area contributed by atoms with Crippen LogP contribution in [0.2, 0.25) is 0 Å². The summed E-state index contributed by atoms with van der Waals surface area (Å²) in [4.78, 5) is 0. The van der Waals surface area contributed by atoms with Crippen LogP contribution in [0.15, 0.2) is 27.0 Å². The Hall–Kier alpha value is -0.550. The van der Waals surface area contributed by atoms with Crippen LogP contribution in [0.3, 0.4) is 0 Å². The summed E-state index contributed by atoms with van der Waals surface area (Å²) in [6.45, 7) is 7.69.